The highest BCUT2D eigenvalue weighted by Gasteiger charge is 2.21. The van der Waals surface area contributed by atoms with Crippen LogP contribution in [0.15, 0.2) is 0 Å². The van der Waals surface area contributed by atoms with Gasteiger partial charge in [-0.1, -0.05) is 90.9 Å². The van der Waals surface area contributed by atoms with Gasteiger partial charge in [-0.25, -0.2) is 0 Å². The van der Waals surface area contributed by atoms with Gasteiger partial charge in [0.15, 0.2) is 0 Å². The number of hydrogen-bond acceptors (Lipinski definition) is 4. The Hall–Kier alpha value is -1.06. The van der Waals surface area contributed by atoms with Crippen LogP contribution in [0.25, 0.3) is 0 Å². The molecule has 0 amide bonds. The van der Waals surface area contributed by atoms with E-state index in [1.165, 1.54) is 78.4 Å². The van der Waals surface area contributed by atoms with Crippen LogP contribution in [0.4, 0.5) is 0 Å². The van der Waals surface area contributed by atoms with Crippen LogP contribution < -0.4 is 0 Å². The van der Waals surface area contributed by atoms with E-state index in [1.54, 1.807) is 0 Å². The minimum atomic E-state index is -0.0850. The SMILES string of the molecule is COC(=O)CCCCCCCCCCCCCCCC(C(=O)OC)C(C)C. The van der Waals surface area contributed by atoms with E-state index in [-0.39, 0.29) is 17.9 Å². The maximum Gasteiger partial charge on any atom is 0.308 e. The molecule has 0 aromatic heterocycles. The summed E-state index contributed by atoms with van der Waals surface area (Å²) in [6.45, 7) is 4.20. The summed E-state index contributed by atoms with van der Waals surface area (Å²) in [5.74, 6) is 0.299. The van der Waals surface area contributed by atoms with E-state index in [2.05, 4.69) is 18.6 Å². The van der Waals surface area contributed by atoms with Gasteiger partial charge in [0.2, 0.25) is 0 Å². The third-order valence-corrected chi connectivity index (χ3v) is 5.43. The topological polar surface area (TPSA) is 52.6 Å². The van der Waals surface area contributed by atoms with Crippen LogP contribution >= 0.6 is 0 Å². The van der Waals surface area contributed by atoms with Gasteiger partial charge in [0, 0.05) is 6.42 Å². The number of esters is 2. The first kappa shape index (κ1) is 25.9. The molecule has 0 N–H and O–H groups in total. The van der Waals surface area contributed by atoms with Gasteiger partial charge in [0.1, 0.15) is 0 Å². The molecule has 0 aliphatic carbocycles. The molecule has 4 nitrogen and oxygen atoms in total. The van der Waals surface area contributed by atoms with E-state index in [4.69, 9.17) is 4.74 Å². The quantitative estimate of drug-likeness (QED) is 0.201. The molecule has 0 aromatic carbocycles. The summed E-state index contributed by atoms with van der Waals surface area (Å²) >= 11 is 0. The average molecular weight is 385 g/mol. The fourth-order valence-corrected chi connectivity index (χ4v) is 3.55. The molecule has 0 spiro atoms. The lowest BCUT2D eigenvalue weighted by Gasteiger charge is -2.17. The molecule has 0 saturated carbocycles. The van der Waals surface area contributed by atoms with Crippen LogP contribution in [-0.2, 0) is 19.1 Å². The Labute approximate surface area is 167 Å². The first-order chi connectivity index (χ1) is 13.0. The fraction of sp³-hybridized carbons (Fsp3) is 0.913. The second-order valence-corrected chi connectivity index (χ2v) is 8.08. The predicted molar refractivity (Wildman–Crippen MR) is 112 cm³/mol. The molecule has 4 heteroatoms. The van der Waals surface area contributed by atoms with Crippen LogP contribution in [0.5, 0.6) is 0 Å². The molecule has 0 aliphatic rings. The molecule has 0 aliphatic heterocycles. The van der Waals surface area contributed by atoms with E-state index in [0.717, 1.165) is 25.7 Å². The molecule has 0 saturated heterocycles. The Balaban J connectivity index is 3.31. The van der Waals surface area contributed by atoms with Gasteiger partial charge in [-0.2, -0.15) is 0 Å². The molecule has 0 fully saturated rings. The molecule has 0 radical (unpaired) electrons. The predicted octanol–water partition coefficient (Wildman–Crippen LogP) is 6.46. The number of hydrogen-bond donors (Lipinski definition) is 0. The van der Waals surface area contributed by atoms with E-state index in [0.29, 0.717) is 12.3 Å². The zero-order chi connectivity index (χ0) is 20.3. The van der Waals surface area contributed by atoms with Crippen molar-refractivity contribution in [1.82, 2.24) is 0 Å². The highest BCUT2D eigenvalue weighted by molar-refractivity contribution is 5.72. The molecule has 1 atom stereocenters. The first-order valence-electron chi connectivity index (χ1n) is 11.2. The number of carbonyl (C=O) groups excluding carboxylic acids is 2. The number of ether oxygens (including phenoxy) is 2. The minimum Gasteiger partial charge on any atom is -0.469 e. The second kappa shape index (κ2) is 18.3. The summed E-state index contributed by atoms with van der Waals surface area (Å²) in [4.78, 5) is 22.7. The van der Waals surface area contributed by atoms with Crippen molar-refractivity contribution in [2.45, 2.75) is 110 Å². The van der Waals surface area contributed by atoms with Gasteiger partial charge in [-0.15, -0.1) is 0 Å². The molecule has 0 bridgehead atoms. The number of methoxy groups -OCH3 is 2. The Morgan fingerprint density at radius 2 is 1.04 bits per heavy atom. The Bertz CT molecular complexity index is 365. The van der Waals surface area contributed by atoms with Gasteiger partial charge in [-0.05, 0) is 18.8 Å². The first-order valence-corrected chi connectivity index (χ1v) is 11.2. The summed E-state index contributed by atoms with van der Waals surface area (Å²) in [7, 11) is 2.94. The standard InChI is InChI=1S/C23H44O4/c1-20(2)21(23(25)27-4)18-16-14-12-10-8-6-5-7-9-11-13-15-17-19-22(24)26-3/h20-21H,5-19H2,1-4H3. The van der Waals surface area contributed by atoms with Crippen molar-refractivity contribution in [3.8, 4) is 0 Å². The normalized spacial score (nSPS) is 12.2. The molecule has 0 heterocycles. The zero-order valence-electron chi connectivity index (χ0n) is 18.4. The van der Waals surface area contributed by atoms with Gasteiger partial charge in [0.05, 0.1) is 20.1 Å². The zero-order valence-corrected chi connectivity index (χ0v) is 18.4. The summed E-state index contributed by atoms with van der Waals surface area (Å²) in [5.41, 5.74) is 0. The summed E-state index contributed by atoms with van der Waals surface area (Å²) in [6, 6.07) is 0. The lowest BCUT2D eigenvalue weighted by molar-refractivity contribution is -0.147. The van der Waals surface area contributed by atoms with Gasteiger partial charge in [0.25, 0.3) is 0 Å². The van der Waals surface area contributed by atoms with Crippen molar-refractivity contribution >= 4 is 11.9 Å². The Morgan fingerprint density at radius 3 is 1.41 bits per heavy atom. The monoisotopic (exact) mass is 384 g/mol. The third kappa shape index (κ3) is 15.7. The third-order valence-electron chi connectivity index (χ3n) is 5.43. The van der Waals surface area contributed by atoms with Crippen molar-refractivity contribution < 1.29 is 19.1 Å². The molecule has 27 heavy (non-hydrogen) atoms. The summed E-state index contributed by atoms with van der Waals surface area (Å²) in [6.07, 6.45) is 17.8. The highest BCUT2D eigenvalue weighted by Crippen LogP contribution is 2.21. The number of rotatable bonds is 18. The summed E-state index contributed by atoms with van der Waals surface area (Å²) in [5, 5.41) is 0. The minimum absolute atomic E-state index is 0.0477. The molecule has 0 rings (SSSR count). The molecular weight excluding hydrogens is 340 g/mol. The summed E-state index contributed by atoms with van der Waals surface area (Å²) < 4.78 is 9.54. The smallest absolute Gasteiger partial charge is 0.308 e. The van der Waals surface area contributed by atoms with Crippen molar-refractivity contribution in [3.05, 3.63) is 0 Å². The fourth-order valence-electron chi connectivity index (χ4n) is 3.55. The molecule has 0 aromatic rings. The van der Waals surface area contributed by atoms with Crippen molar-refractivity contribution in [1.29, 1.82) is 0 Å². The molecule has 1 unspecified atom stereocenters. The van der Waals surface area contributed by atoms with Crippen molar-refractivity contribution in [3.63, 3.8) is 0 Å². The average Bonchev–Trinajstić information content (AvgIpc) is 2.66. The van der Waals surface area contributed by atoms with E-state index < -0.39 is 0 Å². The van der Waals surface area contributed by atoms with E-state index in [1.807, 2.05) is 0 Å². The van der Waals surface area contributed by atoms with Crippen LogP contribution in [0.1, 0.15) is 110 Å². The largest absolute Gasteiger partial charge is 0.469 e. The lowest BCUT2D eigenvalue weighted by Crippen LogP contribution is -2.21. The number of carbonyl (C=O) groups is 2. The highest BCUT2D eigenvalue weighted by atomic mass is 16.5. The Kier molecular flexibility index (Phi) is 17.6. The molecular formula is C23H44O4. The van der Waals surface area contributed by atoms with E-state index in [9.17, 15) is 9.59 Å². The maximum atomic E-state index is 11.7. The lowest BCUT2D eigenvalue weighted by atomic mass is 9.90. The van der Waals surface area contributed by atoms with Crippen LogP contribution in [0, 0.1) is 11.8 Å². The van der Waals surface area contributed by atoms with Gasteiger partial charge in [-0.3, -0.25) is 9.59 Å². The number of unbranched alkanes of at least 4 members (excludes halogenated alkanes) is 12. The van der Waals surface area contributed by atoms with Gasteiger partial charge < -0.3 is 9.47 Å². The van der Waals surface area contributed by atoms with Crippen molar-refractivity contribution in [2.75, 3.05) is 14.2 Å². The van der Waals surface area contributed by atoms with Gasteiger partial charge >= 0.3 is 11.9 Å². The second-order valence-electron chi connectivity index (χ2n) is 8.08. The molecule has 160 valence electrons. The van der Waals surface area contributed by atoms with Crippen LogP contribution in [0.3, 0.4) is 0 Å². The van der Waals surface area contributed by atoms with Crippen LogP contribution in [0.2, 0.25) is 0 Å². The van der Waals surface area contributed by atoms with Crippen molar-refractivity contribution in [2.24, 2.45) is 11.8 Å². The maximum absolute atomic E-state index is 11.7. The Morgan fingerprint density at radius 1 is 0.630 bits per heavy atom. The van der Waals surface area contributed by atoms with Crippen LogP contribution in [-0.4, -0.2) is 26.2 Å². The van der Waals surface area contributed by atoms with E-state index >= 15 is 0 Å².